The molecule has 1 N–H and O–H groups in total. The molecule has 4 heteroatoms. The van der Waals surface area contributed by atoms with Gasteiger partial charge in [0.25, 0.3) is 5.91 Å². The second-order valence-electron chi connectivity index (χ2n) is 3.87. The Morgan fingerprint density at radius 1 is 1.35 bits per heavy atom. The van der Waals surface area contributed by atoms with Gasteiger partial charge in [0.05, 0.1) is 6.04 Å². The molecular weight excluding hydrogens is 232 g/mol. The molecule has 2 heterocycles. The first-order valence-corrected chi connectivity index (χ1v) is 6.32. The van der Waals surface area contributed by atoms with Gasteiger partial charge in [0.2, 0.25) is 0 Å². The van der Waals surface area contributed by atoms with E-state index in [0.717, 1.165) is 10.6 Å². The highest BCUT2D eigenvalue weighted by atomic mass is 32.1. The van der Waals surface area contributed by atoms with Gasteiger partial charge in [0, 0.05) is 10.6 Å². The Balaban J connectivity index is 2.07. The van der Waals surface area contributed by atoms with Crippen LogP contribution in [0.25, 0.3) is 0 Å². The van der Waals surface area contributed by atoms with Crippen molar-refractivity contribution >= 4 is 17.2 Å². The second kappa shape index (κ2) is 5.10. The minimum Gasteiger partial charge on any atom is -0.343 e. The third kappa shape index (κ3) is 2.91. The number of hydrogen-bond donors (Lipinski definition) is 1. The van der Waals surface area contributed by atoms with Crippen molar-refractivity contribution in [2.75, 3.05) is 0 Å². The van der Waals surface area contributed by atoms with Crippen molar-refractivity contribution in [2.24, 2.45) is 0 Å². The van der Waals surface area contributed by atoms with Gasteiger partial charge in [-0.3, -0.25) is 4.79 Å². The average molecular weight is 246 g/mol. The minimum absolute atomic E-state index is 0.0183. The summed E-state index contributed by atoms with van der Waals surface area (Å²) in [5, 5.41) is 4.94. The number of hydrogen-bond acceptors (Lipinski definition) is 3. The van der Waals surface area contributed by atoms with Crippen LogP contribution in [0.4, 0.5) is 0 Å². The molecule has 1 unspecified atom stereocenters. The van der Waals surface area contributed by atoms with Crippen LogP contribution in [0.2, 0.25) is 0 Å². The minimum atomic E-state index is -0.130. The Hall–Kier alpha value is -1.68. The summed E-state index contributed by atoms with van der Waals surface area (Å²) < 4.78 is 0. The summed E-state index contributed by atoms with van der Waals surface area (Å²) >= 11 is 1.64. The lowest BCUT2D eigenvalue weighted by Gasteiger charge is -2.11. The molecule has 0 spiro atoms. The van der Waals surface area contributed by atoms with Crippen molar-refractivity contribution in [1.82, 2.24) is 10.3 Å². The zero-order valence-corrected chi connectivity index (χ0v) is 10.6. The van der Waals surface area contributed by atoms with Gasteiger partial charge in [0.15, 0.2) is 0 Å². The van der Waals surface area contributed by atoms with Crippen LogP contribution in [0.3, 0.4) is 0 Å². The monoisotopic (exact) mass is 246 g/mol. The third-order valence-electron chi connectivity index (χ3n) is 2.44. The Bertz CT molecular complexity index is 508. The molecule has 1 amide bonds. The number of aromatic nitrogens is 1. The maximum Gasteiger partial charge on any atom is 0.270 e. The first kappa shape index (κ1) is 11.8. The van der Waals surface area contributed by atoms with Crippen LogP contribution in [0.15, 0.2) is 35.7 Å². The fourth-order valence-electron chi connectivity index (χ4n) is 1.55. The van der Waals surface area contributed by atoms with Crippen LogP contribution >= 0.6 is 11.3 Å². The van der Waals surface area contributed by atoms with Crippen LogP contribution < -0.4 is 5.32 Å². The van der Waals surface area contributed by atoms with Crippen LogP contribution in [-0.4, -0.2) is 10.9 Å². The molecule has 0 bridgehead atoms. The Morgan fingerprint density at radius 3 is 2.82 bits per heavy atom. The zero-order valence-electron chi connectivity index (χ0n) is 9.81. The van der Waals surface area contributed by atoms with E-state index in [9.17, 15) is 4.79 Å². The zero-order chi connectivity index (χ0) is 12.3. The molecule has 88 valence electrons. The fourth-order valence-corrected chi connectivity index (χ4v) is 2.28. The molecule has 2 aromatic heterocycles. The van der Waals surface area contributed by atoms with E-state index < -0.39 is 0 Å². The largest absolute Gasteiger partial charge is 0.343 e. The molecule has 0 radical (unpaired) electrons. The number of nitrogens with one attached hydrogen (secondary N) is 1. The van der Waals surface area contributed by atoms with Gasteiger partial charge in [-0.1, -0.05) is 12.1 Å². The molecule has 0 aliphatic rings. The first-order chi connectivity index (χ1) is 8.16. The summed E-state index contributed by atoms with van der Waals surface area (Å²) in [6, 6.07) is 9.45. The van der Waals surface area contributed by atoms with Crippen LogP contribution in [-0.2, 0) is 0 Å². The maximum atomic E-state index is 11.9. The number of nitrogens with zero attached hydrogens (tertiary/aromatic N) is 1. The number of aryl methyl sites for hydroxylation is 1. The van der Waals surface area contributed by atoms with E-state index in [1.54, 1.807) is 17.4 Å². The molecule has 2 aromatic rings. The Morgan fingerprint density at radius 2 is 2.18 bits per heavy atom. The second-order valence-corrected chi connectivity index (χ2v) is 4.85. The van der Waals surface area contributed by atoms with Crippen molar-refractivity contribution in [3.63, 3.8) is 0 Å². The summed E-state index contributed by atoms with van der Waals surface area (Å²) in [7, 11) is 0. The Kier molecular flexibility index (Phi) is 3.54. The van der Waals surface area contributed by atoms with E-state index in [4.69, 9.17) is 0 Å². The standard InChI is InChI=1S/C13H14N2OS/c1-9-5-3-6-11(14-9)13(16)15-10(2)12-7-4-8-17-12/h3-8,10H,1-2H3,(H,15,16). The van der Waals surface area contributed by atoms with Crippen molar-refractivity contribution in [3.8, 4) is 0 Å². The summed E-state index contributed by atoms with van der Waals surface area (Å²) in [5.74, 6) is -0.130. The predicted molar refractivity (Wildman–Crippen MR) is 69.2 cm³/mol. The van der Waals surface area contributed by atoms with Crippen LogP contribution in [0.5, 0.6) is 0 Å². The number of carbonyl (C=O) groups is 1. The maximum absolute atomic E-state index is 11.9. The highest BCUT2D eigenvalue weighted by Crippen LogP contribution is 2.18. The van der Waals surface area contributed by atoms with Gasteiger partial charge in [0.1, 0.15) is 5.69 Å². The van der Waals surface area contributed by atoms with Gasteiger partial charge in [-0.05, 0) is 37.4 Å². The highest BCUT2D eigenvalue weighted by molar-refractivity contribution is 7.10. The molecular formula is C13H14N2OS. The van der Waals surface area contributed by atoms with E-state index >= 15 is 0 Å². The summed E-state index contributed by atoms with van der Waals surface area (Å²) in [5.41, 5.74) is 1.31. The summed E-state index contributed by atoms with van der Waals surface area (Å²) in [4.78, 5) is 17.3. The predicted octanol–water partition coefficient (Wildman–Crippen LogP) is 2.94. The molecule has 0 saturated carbocycles. The SMILES string of the molecule is Cc1cccc(C(=O)NC(C)c2cccs2)n1. The van der Waals surface area contributed by atoms with Crippen LogP contribution in [0, 0.1) is 6.92 Å². The molecule has 0 aliphatic carbocycles. The molecule has 0 aromatic carbocycles. The Labute approximate surface area is 105 Å². The van der Waals surface area contributed by atoms with E-state index in [1.165, 1.54) is 0 Å². The lowest BCUT2D eigenvalue weighted by Crippen LogP contribution is -2.27. The number of carbonyl (C=O) groups excluding carboxylic acids is 1. The van der Waals surface area contributed by atoms with Crippen LogP contribution in [0.1, 0.15) is 34.0 Å². The van der Waals surface area contributed by atoms with Gasteiger partial charge in [-0.15, -0.1) is 11.3 Å². The first-order valence-electron chi connectivity index (χ1n) is 5.45. The van der Waals surface area contributed by atoms with Gasteiger partial charge in [-0.25, -0.2) is 4.98 Å². The van der Waals surface area contributed by atoms with E-state index in [2.05, 4.69) is 10.3 Å². The van der Waals surface area contributed by atoms with E-state index in [1.807, 2.05) is 43.5 Å². The van der Waals surface area contributed by atoms with Crippen molar-refractivity contribution in [3.05, 3.63) is 52.0 Å². The van der Waals surface area contributed by atoms with Gasteiger partial charge < -0.3 is 5.32 Å². The number of rotatable bonds is 3. The summed E-state index contributed by atoms with van der Waals surface area (Å²) in [6.45, 7) is 3.85. The lowest BCUT2D eigenvalue weighted by molar-refractivity contribution is 0.0935. The highest BCUT2D eigenvalue weighted by Gasteiger charge is 2.12. The quantitative estimate of drug-likeness (QED) is 0.904. The third-order valence-corrected chi connectivity index (χ3v) is 3.49. The molecule has 0 aliphatic heterocycles. The van der Waals surface area contributed by atoms with E-state index in [0.29, 0.717) is 5.69 Å². The molecule has 1 atom stereocenters. The topological polar surface area (TPSA) is 42.0 Å². The van der Waals surface area contributed by atoms with Gasteiger partial charge in [-0.2, -0.15) is 0 Å². The van der Waals surface area contributed by atoms with Crippen molar-refractivity contribution < 1.29 is 4.79 Å². The fraction of sp³-hybridized carbons (Fsp3) is 0.231. The molecule has 0 fully saturated rings. The summed E-state index contributed by atoms with van der Waals surface area (Å²) in [6.07, 6.45) is 0. The molecule has 2 rings (SSSR count). The number of amides is 1. The molecule has 0 saturated heterocycles. The molecule has 17 heavy (non-hydrogen) atoms. The lowest BCUT2D eigenvalue weighted by atomic mass is 10.2. The normalized spacial score (nSPS) is 12.1. The van der Waals surface area contributed by atoms with Crippen molar-refractivity contribution in [2.45, 2.75) is 19.9 Å². The average Bonchev–Trinajstić information content (AvgIpc) is 2.82. The van der Waals surface area contributed by atoms with Gasteiger partial charge >= 0.3 is 0 Å². The number of thiophene rings is 1. The van der Waals surface area contributed by atoms with Crippen molar-refractivity contribution in [1.29, 1.82) is 0 Å². The molecule has 3 nitrogen and oxygen atoms in total. The van der Waals surface area contributed by atoms with E-state index in [-0.39, 0.29) is 11.9 Å². The number of pyridine rings is 1. The smallest absolute Gasteiger partial charge is 0.270 e.